The first kappa shape index (κ1) is 48.4. The first-order valence-electron chi connectivity index (χ1n) is 19.3. The average Bonchev–Trinajstić information content (AvgIpc) is 4.10. The summed E-state index contributed by atoms with van der Waals surface area (Å²) in [6.45, 7) is 9.98. The van der Waals surface area contributed by atoms with Crippen LogP contribution in [0.3, 0.4) is 0 Å². The Morgan fingerprint density at radius 3 is 1.52 bits per heavy atom. The summed E-state index contributed by atoms with van der Waals surface area (Å²) in [6, 6.07) is 6.64. The molecule has 8 aromatic heterocycles. The first-order valence-corrected chi connectivity index (χ1v) is 21.6. The minimum Gasteiger partial charge on any atom is -0.465 e. The molecule has 9 heterocycles. The molecule has 0 unspecified atom stereocenters. The van der Waals surface area contributed by atoms with E-state index in [9.17, 15) is 19.8 Å². The molecular formula is C40H41BrCl4N12O7. The maximum Gasteiger partial charge on any atom is 0.327 e. The topological polar surface area (TPSA) is 223 Å². The van der Waals surface area contributed by atoms with E-state index in [0.717, 1.165) is 34.5 Å². The summed E-state index contributed by atoms with van der Waals surface area (Å²) in [4.78, 5) is 41.5. The van der Waals surface area contributed by atoms with Crippen molar-refractivity contribution in [2.24, 2.45) is 0 Å². The molecule has 0 atom stereocenters. The molecule has 2 N–H and O–H groups in total. The van der Waals surface area contributed by atoms with Crippen LogP contribution in [-0.2, 0) is 40.0 Å². The number of ether oxygens (including phenoxy) is 3. The number of aromatic nitrogens is 12. The lowest BCUT2D eigenvalue weighted by atomic mass is 9.81. The highest BCUT2D eigenvalue weighted by atomic mass is 79.9. The van der Waals surface area contributed by atoms with Crippen molar-refractivity contribution in [1.29, 1.82) is 0 Å². The van der Waals surface area contributed by atoms with Crippen LogP contribution in [0.15, 0.2) is 78.3 Å². The van der Waals surface area contributed by atoms with E-state index in [0.29, 0.717) is 32.3 Å². The SMILES string of the molecule is CC(CO)(CO)c1cc(Cl)nn2ccnc12.CC1(c2cc(Cl)nn3ccnc23)COC1.CCOC(=O)C(C)(C(=O)OCC)c1cc(Cl)nn2ccnc12.Clc1cc(Br)c2nccn2n1. The molecule has 19 nitrogen and oxygen atoms in total. The number of halogens is 5. The number of carbonyl (C=O) groups excluding carboxylic acids is 2. The molecule has 9 rings (SSSR count). The summed E-state index contributed by atoms with van der Waals surface area (Å²) in [7, 11) is 0. The van der Waals surface area contributed by atoms with Gasteiger partial charge in [0, 0.05) is 77.1 Å². The van der Waals surface area contributed by atoms with Crippen LogP contribution in [0.4, 0.5) is 0 Å². The summed E-state index contributed by atoms with van der Waals surface area (Å²) >= 11 is 26.8. The van der Waals surface area contributed by atoms with Crippen molar-refractivity contribution in [3.05, 3.63) is 116 Å². The van der Waals surface area contributed by atoms with Gasteiger partial charge < -0.3 is 24.4 Å². The fourth-order valence-electron chi connectivity index (χ4n) is 6.40. The predicted octanol–water partition coefficient (Wildman–Crippen LogP) is 6.21. The zero-order chi connectivity index (χ0) is 46.4. The van der Waals surface area contributed by atoms with Crippen LogP contribution in [0.2, 0.25) is 20.6 Å². The van der Waals surface area contributed by atoms with Gasteiger partial charge in [-0.1, -0.05) is 60.3 Å². The van der Waals surface area contributed by atoms with Crippen LogP contribution in [0.1, 0.15) is 51.3 Å². The molecule has 0 radical (unpaired) electrons. The molecule has 0 bridgehead atoms. The Bertz CT molecular complexity index is 2900. The number of carbonyl (C=O) groups is 2. The lowest BCUT2D eigenvalue weighted by Gasteiger charge is -2.38. The summed E-state index contributed by atoms with van der Waals surface area (Å²) in [5.41, 5.74) is 2.22. The van der Waals surface area contributed by atoms with Crippen LogP contribution in [-0.4, -0.2) is 120 Å². The van der Waals surface area contributed by atoms with Gasteiger partial charge in [0.2, 0.25) is 0 Å². The van der Waals surface area contributed by atoms with Gasteiger partial charge >= 0.3 is 11.9 Å². The minimum atomic E-state index is -1.68. The molecule has 0 saturated carbocycles. The predicted molar refractivity (Wildman–Crippen MR) is 240 cm³/mol. The van der Waals surface area contributed by atoms with Crippen molar-refractivity contribution in [3.8, 4) is 0 Å². The van der Waals surface area contributed by atoms with Gasteiger partial charge in [-0.05, 0) is 61.0 Å². The van der Waals surface area contributed by atoms with Gasteiger partial charge in [-0.15, -0.1) is 0 Å². The van der Waals surface area contributed by atoms with Crippen molar-refractivity contribution in [3.63, 3.8) is 0 Å². The van der Waals surface area contributed by atoms with E-state index >= 15 is 0 Å². The number of hydrogen-bond donors (Lipinski definition) is 2. The fraction of sp³-hybridized carbons (Fsp3) is 0.350. The Hall–Kier alpha value is -5.06. The molecule has 1 aliphatic rings. The van der Waals surface area contributed by atoms with Crippen LogP contribution in [0, 0.1) is 0 Å². The molecule has 338 valence electrons. The normalized spacial score (nSPS) is 13.3. The van der Waals surface area contributed by atoms with E-state index < -0.39 is 22.8 Å². The number of imidazole rings is 4. The second-order valence-corrected chi connectivity index (χ2v) is 17.1. The van der Waals surface area contributed by atoms with Gasteiger partial charge in [-0.25, -0.2) is 38.0 Å². The van der Waals surface area contributed by atoms with E-state index in [1.54, 1.807) is 85.3 Å². The van der Waals surface area contributed by atoms with Gasteiger partial charge in [-0.2, -0.15) is 20.4 Å². The summed E-state index contributed by atoms with van der Waals surface area (Å²) in [5, 5.41) is 36.3. The Morgan fingerprint density at radius 1 is 0.672 bits per heavy atom. The number of nitrogens with zero attached hydrogens (tertiary/aromatic N) is 12. The minimum absolute atomic E-state index is 0.0270. The third-order valence-electron chi connectivity index (χ3n) is 10.0. The van der Waals surface area contributed by atoms with E-state index in [1.807, 2.05) is 6.07 Å². The fourth-order valence-corrected chi connectivity index (χ4v) is 7.80. The third-order valence-corrected chi connectivity index (χ3v) is 11.3. The Balaban J connectivity index is 0.000000145. The van der Waals surface area contributed by atoms with Crippen LogP contribution < -0.4 is 0 Å². The van der Waals surface area contributed by atoms with Crippen LogP contribution in [0.25, 0.3) is 22.6 Å². The highest BCUT2D eigenvalue weighted by Crippen LogP contribution is 2.35. The van der Waals surface area contributed by atoms with Gasteiger partial charge in [0.1, 0.15) is 15.5 Å². The number of aliphatic hydroxyl groups excluding tert-OH is 2. The Morgan fingerprint density at radius 2 is 1.06 bits per heavy atom. The molecule has 1 saturated heterocycles. The van der Waals surface area contributed by atoms with Crippen molar-refractivity contribution < 1.29 is 34.0 Å². The summed E-state index contributed by atoms with van der Waals surface area (Å²) in [6.07, 6.45) is 13.3. The van der Waals surface area contributed by atoms with Gasteiger partial charge in [-0.3, -0.25) is 9.59 Å². The van der Waals surface area contributed by atoms with Crippen LogP contribution >= 0.6 is 62.3 Å². The smallest absolute Gasteiger partial charge is 0.327 e. The number of rotatable bonds is 9. The summed E-state index contributed by atoms with van der Waals surface area (Å²) < 4.78 is 22.5. The molecule has 64 heavy (non-hydrogen) atoms. The molecular weight excluding hydrogens is 982 g/mol. The zero-order valence-electron chi connectivity index (χ0n) is 34.9. The van der Waals surface area contributed by atoms with Gasteiger partial charge in [0.25, 0.3) is 0 Å². The number of hydrogen-bond acceptors (Lipinski definition) is 15. The zero-order valence-corrected chi connectivity index (χ0v) is 39.5. The highest BCUT2D eigenvalue weighted by Gasteiger charge is 2.48. The van der Waals surface area contributed by atoms with E-state index in [4.69, 9.17) is 60.6 Å². The number of fused-ring (bicyclic) bond motifs is 4. The molecule has 0 amide bonds. The third kappa shape index (κ3) is 10.1. The van der Waals surface area contributed by atoms with E-state index in [2.05, 4.69) is 63.2 Å². The molecule has 0 aliphatic carbocycles. The quantitative estimate of drug-likeness (QED) is 0.121. The molecule has 0 aromatic carbocycles. The largest absolute Gasteiger partial charge is 0.465 e. The Kier molecular flexibility index (Phi) is 15.4. The lowest BCUT2D eigenvalue weighted by molar-refractivity contribution is -0.163. The van der Waals surface area contributed by atoms with E-state index in [1.165, 1.54) is 28.2 Å². The average molecular weight is 1020 g/mol. The lowest BCUT2D eigenvalue weighted by Crippen LogP contribution is -2.44. The first-order chi connectivity index (χ1) is 30.5. The molecule has 8 aromatic rings. The Labute approximate surface area is 393 Å². The maximum atomic E-state index is 12.4. The molecule has 0 spiro atoms. The monoisotopic (exact) mass is 1020 g/mol. The highest BCUT2D eigenvalue weighted by molar-refractivity contribution is 9.10. The van der Waals surface area contributed by atoms with Gasteiger partial charge in [0.15, 0.2) is 33.2 Å². The molecule has 1 fully saturated rings. The second kappa shape index (κ2) is 20.4. The molecule has 24 heteroatoms. The van der Waals surface area contributed by atoms with E-state index in [-0.39, 0.29) is 42.6 Å². The van der Waals surface area contributed by atoms with Crippen molar-refractivity contribution >= 4 is 96.9 Å². The van der Waals surface area contributed by atoms with Crippen molar-refractivity contribution in [2.75, 3.05) is 39.6 Å². The van der Waals surface area contributed by atoms with Crippen molar-refractivity contribution in [1.82, 2.24) is 58.4 Å². The molecule has 1 aliphatic heterocycles. The number of aliphatic hydroxyl groups is 2. The second-order valence-electron chi connectivity index (χ2n) is 14.7. The van der Waals surface area contributed by atoms with Crippen LogP contribution in [0.5, 0.6) is 0 Å². The maximum absolute atomic E-state index is 12.4. The number of esters is 2. The summed E-state index contributed by atoms with van der Waals surface area (Å²) in [5.74, 6) is -1.44. The van der Waals surface area contributed by atoms with Crippen molar-refractivity contribution in [2.45, 2.75) is 50.9 Å². The van der Waals surface area contributed by atoms with Gasteiger partial charge in [0.05, 0.1) is 44.1 Å². The standard InChI is InChI=1S/C14H16ClN3O4.C10H12ClN3O2.C10H10ClN3O.C6H3BrClN3/c1-4-21-12(19)14(3,13(20)22-5-2)9-8-10(15)17-18-7-6-16-11(9)18;1-10(5-15,6-16)7-4-8(11)13-14-3-2-12-9(7)14;1-10(5-15-6-10)7-4-8(11)13-14-3-2-12-9(7)14;7-4-3-5(8)10-11-2-1-9-6(4)11/h6-8H,4-5H2,1-3H3;2-4,15-16H,5-6H2,1H3;2-4H,5-6H2,1H3;1-3H.